The summed E-state index contributed by atoms with van der Waals surface area (Å²) in [5.41, 5.74) is 0.00159. The molecule has 0 aromatic heterocycles. The van der Waals surface area contributed by atoms with Crippen LogP contribution in [0.5, 0.6) is 0 Å². The maximum absolute atomic E-state index is 11.3. The Kier molecular flexibility index (Phi) is 2.67. The first-order valence-electron chi connectivity index (χ1n) is 5.54. The van der Waals surface area contributed by atoms with Crippen LogP contribution in [0, 0.1) is 5.92 Å². The molecule has 4 nitrogen and oxygen atoms in total. The molecule has 2 aliphatic rings. The molecule has 1 amide bonds. The number of carbonyl (C=O) groups is 2. The summed E-state index contributed by atoms with van der Waals surface area (Å²) in [5, 5.41) is 3.06. The molecule has 1 spiro atoms. The third kappa shape index (κ3) is 1.98. The number of amides is 1. The molecule has 1 saturated carbocycles. The van der Waals surface area contributed by atoms with Gasteiger partial charge in [0.2, 0.25) is 5.91 Å². The summed E-state index contributed by atoms with van der Waals surface area (Å²) in [4.78, 5) is 22.5. The van der Waals surface area contributed by atoms with Crippen LogP contribution in [0.25, 0.3) is 0 Å². The number of nitrogens with one attached hydrogen (secondary N) is 1. The van der Waals surface area contributed by atoms with E-state index in [0.29, 0.717) is 6.42 Å². The summed E-state index contributed by atoms with van der Waals surface area (Å²) in [5.74, 6) is 0.0961. The summed E-state index contributed by atoms with van der Waals surface area (Å²) >= 11 is 0. The van der Waals surface area contributed by atoms with Crippen molar-refractivity contribution in [2.75, 3.05) is 7.11 Å². The minimum atomic E-state index is -0.103. The molecule has 2 rings (SSSR count). The van der Waals surface area contributed by atoms with Crippen LogP contribution < -0.4 is 5.32 Å². The second-order valence-electron chi connectivity index (χ2n) is 4.63. The second-order valence-corrected chi connectivity index (χ2v) is 4.63. The van der Waals surface area contributed by atoms with E-state index in [0.717, 1.165) is 32.1 Å². The summed E-state index contributed by atoms with van der Waals surface area (Å²) in [6, 6.07) is 0. The lowest BCUT2D eigenvalue weighted by Gasteiger charge is -2.36. The number of methoxy groups -OCH3 is 1. The van der Waals surface area contributed by atoms with Gasteiger partial charge in [0.1, 0.15) is 0 Å². The van der Waals surface area contributed by atoms with Crippen molar-refractivity contribution < 1.29 is 14.3 Å². The van der Waals surface area contributed by atoms with Crippen molar-refractivity contribution in [1.29, 1.82) is 0 Å². The van der Waals surface area contributed by atoms with Crippen LogP contribution in [0.1, 0.15) is 38.5 Å². The van der Waals surface area contributed by atoms with Gasteiger partial charge in [-0.3, -0.25) is 9.59 Å². The van der Waals surface area contributed by atoms with Crippen molar-refractivity contribution in [3.05, 3.63) is 0 Å². The fourth-order valence-corrected chi connectivity index (χ4v) is 2.72. The standard InChI is InChI=1S/C11H17NO3/c1-15-10(14)8-2-5-11(6-3-8)7-4-9(13)12-11/h8H,2-7H2,1H3,(H,12,13). The van der Waals surface area contributed by atoms with Gasteiger partial charge in [-0.1, -0.05) is 0 Å². The molecule has 0 bridgehead atoms. The molecule has 4 heteroatoms. The van der Waals surface area contributed by atoms with E-state index in [-0.39, 0.29) is 23.3 Å². The third-order valence-electron chi connectivity index (χ3n) is 3.71. The highest BCUT2D eigenvalue weighted by Gasteiger charge is 2.42. The summed E-state index contributed by atoms with van der Waals surface area (Å²) in [6.07, 6.45) is 5.08. The molecule has 1 aliphatic heterocycles. The van der Waals surface area contributed by atoms with Crippen LogP contribution in [-0.4, -0.2) is 24.5 Å². The first-order valence-corrected chi connectivity index (χ1v) is 5.54. The molecule has 1 heterocycles. The lowest BCUT2D eigenvalue weighted by atomic mass is 9.76. The van der Waals surface area contributed by atoms with E-state index in [4.69, 9.17) is 4.74 Å². The zero-order chi connectivity index (χ0) is 10.9. The lowest BCUT2D eigenvalue weighted by Crippen LogP contribution is -2.45. The number of hydrogen-bond acceptors (Lipinski definition) is 3. The average Bonchev–Trinajstić information content (AvgIpc) is 2.60. The van der Waals surface area contributed by atoms with Gasteiger partial charge in [0, 0.05) is 12.0 Å². The van der Waals surface area contributed by atoms with E-state index < -0.39 is 0 Å². The van der Waals surface area contributed by atoms with Crippen molar-refractivity contribution in [2.45, 2.75) is 44.1 Å². The predicted octanol–water partition coefficient (Wildman–Crippen LogP) is 0.998. The first kappa shape index (κ1) is 10.5. The summed E-state index contributed by atoms with van der Waals surface area (Å²) < 4.78 is 4.74. The Morgan fingerprint density at radius 3 is 2.53 bits per heavy atom. The van der Waals surface area contributed by atoms with Gasteiger partial charge in [0.05, 0.1) is 13.0 Å². The number of esters is 1. The Hall–Kier alpha value is -1.06. The smallest absolute Gasteiger partial charge is 0.308 e. The van der Waals surface area contributed by atoms with Gasteiger partial charge in [0.15, 0.2) is 0 Å². The highest BCUT2D eigenvalue weighted by Crippen LogP contribution is 2.38. The largest absolute Gasteiger partial charge is 0.469 e. The summed E-state index contributed by atoms with van der Waals surface area (Å²) in [6.45, 7) is 0. The molecule has 1 N–H and O–H groups in total. The molecule has 0 radical (unpaired) electrons. The van der Waals surface area contributed by atoms with Gasteiger partial charge in [-0.15, -0.1) is 0 Å². The van der Waals surface area contributed by atoms with Crippen molar-refractivity contribution in [3.63, 3.8) is 0 Å². The van der Waals surface area contributed by atoms with Gasteiger partial charge >= 0.3 is 5.97 Å². The maximum atomic E-state index is 11.3. The number of rotatable bonds is 1. The van der Waals surface area contributed by atoms with E-state index in [1.165, 1.54) is 7.11 Å². The van der Waals surface area contributed by atoms with Gasteiger partial charge in [-0.05, 0) is 32.1 Å². The van der Waals surface area contributed by atoms with E-state index >= 15 is 0 Å². The SMILES string of the molecule is COC(=O)C1CCC2(CCC(=O)N2)CC1. The monoisotopic (exact) mass is 211 g/mol. The molecule has 2 fully saturated rings. The molecular formula is C11H17NO3. The van der Waals surface area contributed by atoms with Crippen LogP contribution in [0.15, 0.2) is 0 Å². The molecule has 1 aliphatic carbocycles. The van der Waals surface area contributed by atoms with Gasteiger partial charge in [-0.2, -0.15) is 0 Å². The predicted molar refractivity (Wildman–Crippen MR) is 54.1 cm³/mol. The molecular weight excluding hydrogens is 194 g/mol. The first-order chi connectivity index (χ1) is 7.15. The molecule has 1 saturated heterocycles. The quantitative estimate of drug-likeness (QED) is 0.658. The Morgan fingerprint density at radius 1 is 1.40 bits per heavy atom. The van der Waals surface area contributed by atoms with Crippen molar-refractivity contribution in [1.82, 2.24) is 5.32 Å². The van der Waals surface area contributed by atoms with Crippen LogP contribution in [0.3, 0.4) is 0 Å². The fourth-order valence-electron chi connectivity index (χ4n) is 2.72. The van der Waals surface area contributed by atoms with Gasteiger partial charge in [0.25, 0.3) is 0 Å². The van der Waals surface area contributed by atoms with E-state index in [2.05, 4.69) is 5.32 Å². The molecule has 84 valence electrons. The molecule has 0 unspecified atom stereocenters. The van der Waals surface area contributed by atoms with Crippen LogP contribution in [0.2, 0.25) is 0 Å². The Morgan fingerprint density at radius 2 is 2.07 bits per heavy atom. The van der Waals surface area contributed by atoms with Crippen LogP contribution >= 0.6 is 0 Å². The van der Waals surface area contributed by atoms with Crippen molar-refractivity contribution >= 4 is 11.9 Å². The minimum Gasteiger partial charge on any atom is -0.469 e. The minimum absolute atomic E-state index is 0.00159. The topological polar surface area (TPSA) is 55.4 Å². The zero-order valence-corrected chi connectivity index (χ0v) is 9.04. The van der Waals surface area contributed by atoms with E-state index in [9.17, 15) is 9.59 Å². The Labute approximate surface area is 89.4 Å². The Bertz CT molecular complexity index is 280. The number of hydrogen-bond donors (Lipinski definition) is 1. The van der Waals surface area contributed by atoms with Crippen molar-refractivity contribution in [2.24, 2.45) is 5.92 Å². The highest BCUT2D eigenvalue weighted by atomic mass is 16.5. The molecule has 0 atom stereocenters. The van der Waals surface area contributed by atoms with Gasteiger partial charge in [-0.25, -0.2) is 0 Å². The Balaban J connectivity index is 1.92. The van der Waals surface area contributed by atoms with Crippen LogP contribution in [0.4, 0.5) is 0 Å². The normalized spacial score (nSPS) is 35.3. The van der Waals surface area contributed by atoms with E-state index in [1.807, 2.05) is 0 Å². The molecule has 15 heavy (non-hydrogen) atoms. The van der Waals surface area contributed by atoms with Gasteiger partial charge < -0.3 is 10.1 Å². The molecule has 0 aromatic rings. The number of carbonyl (C=O) groups excluding carboxylic acids is 2. The molecule has 0 aromatic carbocycles. The maximum Gasteiger partial charge on any atom is 0.308 e. The highest BCUT2D eigenvalue weighted by molar-refractivity contribution is 5.79. The number of ether oxygens (including phenoxy) is 1. The lowest BCUT2D eigenvalue weighted by molar-refractivity contribution is -0.147. The van der Waals surface area contributed by atoms with E-state index in [1.54, 1.807) is 0 Å². The third-order valence-corrected chi connectivity index (χ3v) is 3.71. The zero-order valence-electron chi connectivity index (χ0n) is 9.04. The average molecular weight is 211 g/mol. The fraction of sp³-hybridized carbons (Fsp3) is 0.818. The van der Waals surface area contributed by atoms with Crippen LogP contribution in [-0.2, 0) is 14.3 Å². The summed E-state index contributed by atoms with van der Waals surface area (Å²) in [7, 11) is 1.43. The van der Waals surface area contributed by atoms with Crippen molar-refractivity contribution in [3.8, 4) is 0 Å². The second kappa shape index (κ2) is 3.83.